The molecule has 2 aromatic rings. The number of hydrogen-bond donors (Lipinski definition) is 0. The maximum atomic E-state index is 13.4. The first-order valence-electron chi connectivity index (χ1n) is 10.9. The number of hydrogen-bond acceptors (Lipinski definition) is 4. The quantitative estimate of drug-likeness (QED) is 0.348. The van der Waals surface area contributed by atoms with E-state index in [0.29, 0.717) is 43.9 Å². The molecule has 2 rings (SSSR count). The predicted molar refractivity (Wildman–Crippen MR) is 124 cm³/mol. The lowest BCUT2D eigenvalue weighted by Gasteiger charge is -2.24. The number of carbonyl (C=O) groups excluding carboxylic acids is 1. The van der Waals surface area contributed by atoms with Crippen molar-refractivity contribution in [3.63, 3.8) is 0 Å². The molecule has 0 heterocycles. The summed E-state index contributed by atoms with van der Waals surface area (Å²) in [5, 5.41) is 0. The van der Waals surface area contributed by atoms with Gasteiger partial charge in [0.15, 0.2) is 0 Å². The molecule has 0 aromatic heterocycles. The fourth-order valence-electron chi connectivity index (χ4n) is 3.31. The first-order valence-corrected chi connectivity index (χ1v) is 12.4. The van der Waals surface area contributed by atoms with Crippen molar-refractivity contribution in [2.45, 2.75) is 70.2 Å². The highest BCUT2D eigenvalue weighted by Gasteiger charge is 2.25. The van der Waals surface area contributed by atoms with Crippen molar-refractivity contribution < 1.29 is 17.9 Å². The van der Waals surface area contributed by atoms with Crippen molar-refractivity contribution in [3.05, 3.63) is 65.7 Å². The number of esters is 1. The number of sulfonamides is 1. The number of ether oxygens (including phenoxy) is 1. The van der Waals surface area contributed by atoms with Crippen LogP contribution >= 0.6 is 0 Å². The Kier molecular flexibility index (Phi) is 9.26. The summed E-state index contributed by atoms with van der Waals surface area (Å²) in [6.45, 7) is 9.22. The van der Waals surface area contributed by atoms with Crippen LogP contribution in [0.5, 0.6) is 0 Å². The first-order chi connectivity index (χ1) is 14.6. The summed E-state index contributed by atoms with van der Waals surface area (Å²) >= 11 is 0. The van der Waals surface area contributed by atoms with Gasteiger partial charge < -0.3 is 4.74 Å². The minimum absolute atomic E-state index is 0.0368. The fraction of sp³-hybridized carbons (Fsp3) is 0.480. The van der Waals surface area contributed by atoms with Gasteiger partial charge in [-0.3, -0.25) is 4.79 Å². The van der Waals surface area contributed by atoms with E-state index >= 15 is 0 Å². The van der Waals surface area contributed by atoms with Gasteiger partial charge in [-0.1, -0.05) is 69.7 Å². The van der Waals surface area contributed by atoms with Crippen LogP contribution in [0.4, 0.5) is 0 Å². The molecule has 0 N–H and O–H groups in total. The molecule has 31 heavy (non-hydrogen) atoms. The Morgan fingerprint density at radius 3 is 2.16 bits per heavy atom. The molecule has 0 unspecified atom stereocenters. The SMILES string of the molecule is CCOC(=O)CCCCCN(Cc1ccccc1)S(=O)(=O)c1ccc(C(C)(C)C)cc1. The molecule has 0 spiro atoms. The van der Waals surface area contributed by atoms with Crippen molar-refractivity contribution in [1.82, 2.24) is 4.31 Å². The van der Waals surface area contributed by atoms with Crippen LogP contribution in [-0.2, 0) is 31.5 Å². The Bertz CT molecular complexity index is 916. The van der Waals surface area contributed by atoms with Gasteiger partial charge in [-0.2, -0.15) is 4.31 Å². The molecule has 2 aromatic carbocycles. The third-order valence-electron chi connectivity index (χ3n) is 5.15. The summed E-state index contributed by atoms with van der Waals surface area (Å²) in [6, 6.07) is 16.8. The molecule has 170 valence electrons. The molecular formula is C25H35NO4S. The van der Waals surface area contributed by atoms with Crippen molar-refractivity contribution in [2.24, 2.45) is 0 Å². The summed E-state index contributed by atoms with van der Waals surface area (Å²) in [5.41, 5.74) is 2.01. The van der Waals surface area contributed by atoms with Gasteiger partial charge in [-0.25, -0.2) is 8.42 Å². The molecular weight excluding hydrogens is 410 g/mol. The molecule has 0 aliphatic rings. The lowest BCUT2D eigenvalue weighted by molar-refractivity contribution is -0.143. The second kappa shape index (κ2) is 11.4. The van der Waals surface area contributed by atoms with E-state index < -0.39 is 10.0 Å². The molecule has 5 nitrogen and oxygen atoms in total. The van der Waals surface area contributed by atoms with E-state index in [9.17, 15) is 13.2 Å². The van der Waals surface area contributed by atoms with Crippen LogP contribution in [0.25, 0.3) is 0 Å². The van der Waals surface area contributed by atoms with Crippen LogP contribution < -0.4 is 0 Å². The average Bonchev–Trinajstić information content (AvgIpc) is 2.73. The highest BCUT2D eigenvalue weighted by atomic mass is 32.2. The molecule has 0 bridgehead atoms. The van der Waals surface area contributed by atoms with Crippen LogP contribution in [0, 0.1) is 0 Å². The molecule has 0 saturated heterocycles. The van der Waals surface area contributed by atoms with Gasteiger partial charge in [0.1, 0.15) is 0 Å². The minimum Gasteiger partial charge on any atom is -0.466 e. The zero-order valence-electron chi connectivity index (χ0n) is 19.1. The minimum atomic E-state index is -3.63. The highest BCUT2D eigenvalue weighted by Crippen LogP contribution is 2.25. The second-order valence-electron chi connectivity index (χ2n) is 8.71. The van der Waals surface area contributed by atoms with E-state index in [0.717, 1.165) is 17.5 Å². The zero-order valence-corrected chi connectivity index (χ0v) is 20.0. The molecule has 0 atom stereocenters. The van der Waals surface area contributed by atoms with Crippen molar-refractivity contribution in [2.75, 3.05) is 13.2 Å². The second-order valence-corrected chi connectivity index (χ2v) is 10.7. The van der Waals surface area contributed by atoms with E-state index in [1.807, 2.05) is 42.5 Å². The van der Waals surface area contributed by atoms with Crippen LogP contribution in [0.15, 0.2) is 59.5 Å². The van der Waals surface area contributed by atoms with E-state index in [1.165, 1.54) is 0 Å². The van der Waals surface area contributed by atoms with Gasteiger partial charge in [0.2, 0.25) is 10.0 Å². The number of nitrogens with zero attached hydrogens (tertiary/aromatic N) is 1. The number of unbranched alkanes of at least 4 members (excludes halogenated alkanes) is 2. The Hall–Kier alpha value is -2.18. The number of carbonyl (C=O) groups is 1. The third-order valence-corrected chi connectivity index (χ3v) is 7.01. The zero-order chi connectivity index (χ0) is 22.9. The van der Waals surface area contributed by atoms with Crippen molar-refractivity contribution >= 4 is 16.0 Å². The van der Waals surface area contributed by atoms with E-state index in [-0.39, 0.29) is 11.4 Å². The van der Waals surface area contributed by atoms with Gasteiger partial charge in [0.05, 0.1) is 11.5 Å². The fourth-order valence-corrected chi connectivity index (χ4v) is 4.78. The predicted octanol–water partition coefficient (Wildman–Crippen LogP) is 5.30. The smallest absolute Gasteiger partial charge is 0.305 e. The highest BCUT2D eigenvalue weighted by molar-refractivity contribution is 7.89. The van der Waals surface area contributed by atoms with E-state index in [2.05, 4.69) is 20.8 Å². The Balaban J connectivity index is 2.12. The van der Waals surface area contributed by atoms with Gasteiger partial charge in [-0.05, 0) is 48.4 Å². The largest absolute Gasteiger partial charge is 0.466 e. The standard InChI is InChI=1S/C25H35NO4S/c1-5-30-24(27)14-10-7-11-19-26(20-21-12-8-6-9-13-21)31(28,29)23-17-15-22(16-18-23)25(2,3)4/h6,8-9,12-13,15-18H,5,7,10-11,14,19-20H2,1-4H3. The normalized spacial score (nSPS) is 12.2. The maximum absolute atomic E-state index is 13.4. The Labute approximate surface area is 187 Å². The van der Waals surface area contributed by atoms with Crippen LogP contribution in [0.2, 0.25) is 0 Å². The lowest BCUT2D eigenvalue weighted by atomic mass is 9.87. The van der Waals surface area contributed by atoms with Gasteiger partial charge in [0, 0.05) is 19.5 Å². The molecule has 0 radical (unpaired) electrons. The van der Waals surface area contributed by atoms with Crippen molar-refractivity contribution in [1.29, 1.82) is 0 Å². The maximum Gasteiger partial charge on any atom is 0.305 e. The summed E-state index contributed by atoms with van der Waals surface area (Å²) in [6.07, 6.45) is 2.51. The van der Waals surface area contributed by atoms with Crippen LogP contribution in [0.1, 0.15) is 64.5 Å². The molecule has 0 fully saturated rings. The number of rotatable bonds is 11. The Morgan fingerprint density at radius 2 is 1.58 bits per heavy atom. The van der Waals surface area contributed by atoms with E-state index in [4.69, 9.17) is 4.74 Å². The van der Waals surface area contributed by atoms with Crippen molar-refractivity contribution in [3.8, 4) is 0 Å². The third kappa shape index (κ3) is 7.78. The summed E-state index contributed by atoms with van der Waals surface area (Å²) in [4.78, 5) is 11.8. The summed E-state index contributed by atoms with van der Waals surface area (Å²) in [7, 11) is -3.63. The first kappa shape index (κ1) is 25.1. The molecule has 6 heteroatoms. The summed E-state index contributed by atoms with van der Waals surface area (Å²) in [5.74, 6) is -0.199. The molecule has 0 aliphatic heterocycles. The summed E-state index contributed by atoms with van der Waals surface area (Å²) < 4.78 is 33.3. The lowest BCUT2D eigenvalue weighted by Crippen LogP contribution is -2.31. The monoisotopic (exact) mass is 445 g/mol. The molecule has 0 amide bonds. The van der Waals surface area contributed by atoms with Crippen LogP contribution in [-0.4, -0.2) is 31.8 Å². The molecule has 0 aliphatic carbocycles. The topological polar surface area (TPSA) is 63.7 Å². The van der Waals surface area contributed by atoms with Gasteiger partial charge in [-0.15, -0.1) is 0 Å². The van der Waals surface area contributed by atoms with E-state index in [1.54, 1.807) is 23.4 Å². The molecule has 0 saturated carbocycles. The number of benzene rings is 2. The van der Waals surface area contributed by atoms with Gasteiger partial charge in [0.25, 0.3) is 0 Å². The van der Waals surface area contributed by atoms with Crippen LogP contribution in [0.3, 0.4) is 0 Å². The van der Waals surface area contributed by atoms with Gasteiger partial charge >= 0.3 is 5.97 Å². The average molecular weight is 446 g/mol. The Morgan fingerprint density at radius 1 is 0.935 bits per heavy atom.